The minimum absolute atomic E-state index is 0.0174. The number of carbonyl (C=O) groups is 3. The molecular weight excluding hydrogens is 272 g/mol. The summed E-state index contributed by atoms with van der Waals surface area (Å²) in [5.41, 5.74) is 2.12. The molecular formula is C16H22O5. The van der Waals surface area contributed by atoms with Crippen molar-refractivity contribution in [1.29, 1.82) is 0 Å². The van der Waals surface area contributed by atoms with E-state index in [9.17, 15) is 14.4 Å². The van der Waals surface area contributed by atoms with E-state index in [1.54, 1.807) is 6.92 Å². The summed E-state index contributed by atoms with van der Waals surface area (Å²) in [6.07, 6.45) is 2.42. The topological polar surface area (TPSA) is 69.7 Å². The van der Waals surface area contributed by atoms with Crippen molar-refractivity contribution in [2.75, 3.05) is 14.2 Å². The number of ketones is 1. The first kappa shape index (κ1) is 17.1. The molecule has 0 saturated heterocycles. The van der Waals surface area contributed by atoms with Crippen LogP contribution in [0, 0.1) is 0 Å². The molecule has 1 aliphatic rings. The van der Waals surface area contributed by atoms with Crippen molar-refractivity contribution in [3.05, 3.63) is 22.3 Å². The Morgan fingerprint density at radius 1 is 0.905 bits per heavy atom. The molecule has 0 heterocycles. The maximum absolute atomic E-state index is 12.1. The Bertz CT molecular complexity index is 511. The third-order valence-electron chi connectivity index (χ3n) is 3.61. The lowest BCUT2D eigenvalue weighted by Crippen LogP contribution is -2.22. The zero-order valence-corrected chi connectivity index (χ0v) is 13.1. The van der Waals surface area contributed by atoms with E-state index in [-0.39, 0.29) is 24.2 Å². The number of esters is 2. The molecule has 5 heteroatoms. The Balaban J connectivity index is 3.27. The quantitative estimate of drug-likeness (QED) is 0.704. The maximum Gasteiger partial charge on any atom is 0.334 e. The van der Waals surface area contributed by atoms with Crippen molar-refractivity contribution in [3.63, 3.8) is 0 Å². The predicted molar refractivity (Wildman–Crippen MR) is 77.5 cm³/mol. The van der Waals surface area contributed by atoms with Crippen molar-refractivity contribution < 1.29 is 23.9 Å². The highest BCUT2D eigenvalue weighted by Gasteiger charge is 2.31. The van der Waals surface area contributed by atoms with Gasteiger partial charge >= 0.3 is 11.9 Å². The second kappa shape index (κ2) is 7.76. The lowest BCUT2D eigenvalue weighted by molar-refractivity contribution is -0.139. The van der Waals surface area contributed by atoms with Gasteiger partial charge in [-0.2, -0.15) is 0 Å². The lowest BCUT2D eigenvalue weighted by atomic mass is 9.82. The SMILES string of the molecule is CCCC1=C(C(=O)CC)CC(C(=O)OC)=C(C(=O)OC)C1. The van der Waals surface area contributed by atoms with Crippen LogP contribution in [0.2, 0.25) is 0 Å². The van der Waals surface area contributed by atoms with Crippen LogP contribution in [0.4, 0.5) is 0 Å². The molecule has 0 aliphatic heterocycles. The molecule has 21 heavy (non-hydrogen) atoms. The minimum Gasteiger partial charge on any atom is -0.466 e. The van der Waals surface area contributed by atoms with Gasteiger partial charge in [-0.25, -0.2) is 9.59 Å². The molecule has 0 radical (unpaired) electrons. The fraction of sp³-hybridized carbons (Fsp3) is 0.562. The fourth-order valence-corrected chi connectivity index (χ4v) is 2.52. The van der Waals surface area contributed by atoms with E-state index >= 15 is 0 Å². The van der Waals surface area contributed by atoms with E-state index in [2.05, 4.69) is 0 Å². The molecule has 0 aromatic carbocycles. The number of hydrogen-bond donors (Lipinski definition) is 0. The van der Waals surface area contributed by atoms with Crippen LogP contribution in [0.1, 0.15) is 46.0 Å². The number of Topliss-reactive ketones (excluding diaryl/α,β-unsaturated/α-hetero) is 1. The summed E-state index contributed by atoms with van der Waals surface area (Å²) in [5, 5.41) is 0. The monoisotopic (exact) mass is 294 g/mol. The second-order valence-electron chi connectivity index (χ2n) is 4.90. The van der Waals surface area contributed by atoms with Crippen LogP contribution in [-0.4, -0.2) is 31.9 Å². The van der Waals surface area contributed by atoms with E-state index in [1.807, 2.05) is 6.92 Å². The smallest absolute Gasteiger partial charge is 0.334 e. The Labute approximate surface area is 125 Å². The fourth-order valence-electron chi connectivity index (χ4n) is 2.52. The summed E-state index contributed by atoms with van der Waals surface area (Å²) < 4.78 is 9.48. The van der Waals surface area contributed by atoms with Gasteiger partial charge in [-0.15, -0.1) is 0 Å². The summed E-state index contributed by atoms with van der Waals surface area (Å²) in [5.74, 6) is -1.09. The van der Waals surface area contributed by atoms with Crippen LogP contribution in [-0.2, 0) is 23.9 Å². The number of carbonyl (C=O) groups excluding carboxylic acids is 3. The molecule has 116 valence electrons. The molecule has 0 saturated carbocycles. The minimum atomic E-state index is -0.577. The van der Waals surface area contributed by atoms with Crippen LogP contribution in [0.25, 0.3) is 0 Å². The molecule has 0 amide bonds. The van der Waals surface area contributed by atoms with E-state index in [0.717, 1.165) is 18.4 Å². The summed E-state index contributed by atoms with van der Waals surface area (Å²) >= 11 is 0. The summed E-state index contributed by atoms with van der Waals surface area (Å²) in [6, 6.07) is 0. The standard InChI is InChI=1S/C16H22O5/c1-5-7-10-8-12(15(18)20-3)13(16(19)21-4)9-11(10)14(17)6-2/h5-9H2,1-4H3. The molecule has 0 N–H and O–H groups in total. The summed E-state index contributed by atoms with van der Waals surface area (Å²) in [7, 11) is 2.54. The third kappa shape index (κ3) is 3.80. The van der Waals surface area contributed by atoms with Crippen LogP contribution in [0.15, 0.2) is 22.3 Å². The Morgan fingerprint density at radius 3 is 1.86 bits per heavy atom. The highest BCUT2D eigenvalue weighted by atomic mass is 16.5. The van der Waals surface area contributed by atoms with Crippen molar-refractivity contribution in [3.8, 4) is 0 Å². The van der Waals surface area contributed by atoms with E-state index in [0.29, 0.717) is 17.6 Å². The van der Waals surface area contributed by atoms with Gasteiger partial charge in [0, 0.05) is 19.3 Å². The lowest BCUT2D eigenvalue weighted by Gasteiger charge is -2.23. The summed E-state index contributed by atoms with van der Waals surface area (Å²) in [6.45, 7) is 3.80. The largest absolute Gasteiger partial charge is 0.466 e. The molecule has 0 unspecified atom stereocenters. The van der Waals surface area contributed by atoms with Gasteiger partial charge in [0.25, 0.3) is 0 Å². The van der Waals surface area contributed by atoms with E-state index in [4.69, 9.17) is 9.47 Å². The van der Waals surface area contributed by atoms with Crippen molar-refractivity contribution in [2.24, 2.45) is 0 Å². The van der Waals surface area contributed by atoms with Crippen molar-refractivity contribution in [1.82, 2.24) is 0 Å². The maximum atomic E-state index is 12.1. The Kier molecular flexibility index (Phi) is 6.34. The average Bonchev–Trinajstić information content (AvgIpc) is 2.52. The number of rotatable bonds is 6. The van der Waals surface area contributed by atoms with Gasteiger partial charge in [0.05, 0.1) is 25.4 Å². The van der Waals surface area contributed by atoms with Crippen molar-refractivity contribution in [2.45, 2.75) is 46.0 Å². The molecule has 0 bridgehead atoms. The van der Waals surface area contributed by atoms with Gasteiger partial charge in [-0.05, 0) is 12.0 Å². The molecule has 5 nitrogen and oxygen atoms in total. The van der Waals surface area contributed by atoms with Gasteiger partial charge in [0.15, 0.2) is 5.78 Å². The van der Waals surface area contributed by atoms with E-state index in [1.165, 1.54) is 14.2 Å². The molecule has 0 atom stereocenters. The molecule has 0 aromatic heterocycles. The van der Waals surface area contributed by atoms with Crippen molar-refractivity contribution >= 4 is 17.7 Å². The van der Waals surface area contributed by atoms with Gasteiger partial charge in [-0.3, -0.25) is 4.79 Å². The normalized spacial score (nSPS) is 15.0. The van der Waals surface area contributed by atoms with Gasteiger partial charge in [0.1, 0.15) is 0 Å². The first-order valence-corrected chi connectivity index (χ1v) is 7.12. The molecule has 0 spiro atoms. The molecule has 0 aromatic rings. The van der Waals surface area contributed by atoms with Gasteiger partial charge in [-0.1, -0.05) is 25.8 Å². The van der Waals surface area contributed by atoms with Crippen LogP contribution in [0.5, 0.6) is 0 Å². The second-order valence-corrected chi connectivity index (χ2v) is 4.90. The zero-order chi connectivity index (χ0) is 16.0. The van der Waals surface area contributed by atoms with Gasteiger partial charge < -0.3 is 9.47 Å². The van der Waals surface area contributed by atoms with Gasteiger partial charge in [0.2, 0.25) is 0 Å². The highest BCUT2D eigenvalue weighted by molar-refractivity contribution is 6.05. The number of methoxy groups -OCH3 is 2. The molecule has 1 rings (SSSR count). The molecule has 0 fully saturated rings. The van der Waals surface area contributed by atoms with Crippen LogP contribution < -0.4 is 0 Å². The predicted octanol–water partition coefficient (Wildman–Crippen LogP) is 2.50. The third-order valence-corrected chi connectivity index (χ3v) is 3.61. The zero-order valence-electron chi connectivity index (χ0n) is 13.1. The average molecular weight is 294 g/mol. The highest BCUT2D eigenvalue weighted by Crippen LogP contribution is 2.34. The first-order valence-electron chi connectivity index (χ1n) is 7.12. The Hall–Kier alpha value is -1.91. The number of hydrogen-bond acceptors (Lipinski definition) is 5. The van der Waals surface area contributed by atoms with Crippen LogP contribution >= 0.6 is 0 Å². The number of allylic oxidation sites excluding steroid dienone is 2. The summed E-state index contributed by atoms with van der Waals surface area (Å²) in [4.78, 5) is 35.9. The molecule has 1 aliphatic carbocycles. The van der Waals surface area contributed by atoms with E-state index < -0.39 is 11.9 Å². The number of ether oxygens (including phenoxy) is 2. The Morgan fingerprint density at radius 2 is 1.43 bits per heavy atom. The van der Waals surface area contributed by atoms with Crippen LogP contribution in [0.3, 0.4) is 0 Å². The first-order chi connectivity index (χ1) is 9.99.